The summed E-state index contributed by atoms with van der Waals surface area (Å²) < 4.78 is 6.61. The van der Waals surface area contributed by atoms with Crippen LogP contribution in [-0.4, -0.2) is 17.4 Å². The molecule has 0 aliphatic carbocycles. The molecule has 0 radical (unpaired) electrons. The summed E-state index contributed by atoms with van der Waals surface area (Å²) in [5.74, 6) is -0.106. The zero-order valence-electron chi connectivity index (χ0n) is 14.7. The highest BCUT2D eigenvalue weighted by atomic mass is 79.9. The average Bonchev–Trinajstić information content (AvgIpc) is 2.85. The predicted molar refractivity (Wildman–Crippen MR) is 105 cm³/mol. The van der Waals surface area contributed by atoms with Crippen LogP contribution >= 0.6 is 15.9 Å². The molecule has 0 bridgehead atoms. The van der Waals surface area contributed by atoms with E-state index < -0.39 is 5.91 Å². The first kappa shape index (κ1) is 18.2. The van der Waals surface area contributed by atoms with Crippen LogP contribution in [0.1, 0.15) is 26.3 Å². The summed E-state index contributed by atoms with van der Waals surface area (Å²) >= 11 is 3.48. The molecule has 1 aliphatic rings. The van der Waals surface area contributed by atoms with E-state index in [1.807, 2.05) is 57.2 Å². The van der Waals surface area contributed by atoms with Crippen molar-refractivity contribution in [3.05, 3.63) is 64.1 Å². The molecular weight excluding hydrogens is 396 g/mol. The molecule has 1 fully saturated rings. The van der Waals surface area contributed by atoms with Crippen LogP contribution in [0, 0.1) is 0 Å². The van der Waals surface area contributed by atoms with Gasteiger partial charge < -0.3 is 4.74 Å². The average molecular weight is 415 g/mol. The quantitative estimate of drug-likeness (QED) is 0.607. The van der Waals surface area contributed by atoms with E-state index in [4.69, 9.17) is 4.74 Å². The van der Waals surface area contributed by atoms with Crippen molar-refractivity contribution in [2.75, 3.05) is 5.01 Å². The fourth-order valence-electron chi connectivity index (χ4n) is 2.50. The highest BCUT2D eigenvalue weighted by Crippen LogP contribution is 2.30. The minimum absolute atomic E-state index is 0.0882. The summed E-state index contributed by atoms with van der Waals surface area (Å²) in [6, 6.07) is 14.4. The van der Waals surface area contributed by atoms with Crippen LogP contribution in [0.3, 0.4) is 0 Å². The monoisotopic (exact) mass is 414 g/mol. The van der Waals surface area contributed by atoms with Gasteiger partial charge in [-0.25, -0.2) is 5.01 Å². The van der Waals surface area contributed by atoms with Crippen molar-refractivity contribution in [1.29, 1.82) is 0 Å². The zero-order chi connectivity index (χ0) is 18.9. The van der Waals surface area contributed by atoms with Crippen LogP contribution in [0.2, 0.25) is 0 Å². The van der Waals surface area contributed by atoms with Gasteiger partial charge in [0.15, 0.2) is 0 Å². The Kier molecular flexibility index (Phi) is 4.87. The molecule has 134 valence electrons. The molecule has 0 saturated carbocycles. The molecule has 0 unspecified atom stereocenters. The van der Waals surface area contributed by atoms with Crippen molar-refractivity contribution in [3.8, 4) is 5.75 Å². The van der Waals surface area contributed by atoms with Crippen LogP contribution in [0.15, 0.2) is 58.6 Å². The number of ether oxygens (including phenoxy) is 1. The SMILES string of the molecule is CC(C)(C)Oc1ccc(C=C2C(=O)NN(c3ccccc3)C2=O)cc1Br. The first-order valence-corrected chi connectivity index (χ1v) is 8.95. The van der Waals surface area contributed by atoms with Gasteiger partial charge in [0, 0.05) is 0 Å². The Morgan fingerprint density at radius 2 is 1.77 bits per heavy atom. The second-order valence-corrected chi connectivity index (χ2v) is 7.73. The summed E-state index contributed by atoms with van der Waals surface area (Å²) in [5.41, 5.74) is 3.70. The van der Waals surface area contributed by atoms with Crippen LogP contribution in [0.5, 0.6) is 5.75 Å². The molecule has 1 aliphatic heterocycles. The van der Waals surface area contributed by atoms with Gasteiger partial charge in [-0.15, -0.1) is 0 Å². The number of nitrogens with one attached hydrogen (secondary N) is 1. The van der Waals surface area contributed by atoms with Crippen molar-refractivity contribution in [3.63, 3.8) is 0 Å². The largest absolute Gasteiger partial charge is 0.487 e. The standard InChI is InChI=1S/C20H19BrN2O3/c1-20(2,3)26-17-10-9-13(12-16(17)21)11-15-18(24)22-23(19(15)25)14-7-5-4-6-8-14/h4-12H,1-3H3,(H,22,24). The maximum atomic E-state index is 12.6. The number of hydrogen-bond donors (Lipinski definition) is 1. The zero-order valence-corrected chi connectivity index (χ0v) is 16.3. The molecule has 1 saturated heterocycles. The van der Waals surface area contributed by atoms with Gasteiger partial charge in [0.2, 0.25) is 0 Å². The lowest BCUT2D eigenvalue weighted by molar-refractivity contribution is -0.117. The van der Waals surface area contributed by atoms with E-state index in [-0.39, 0.29) is 17.1 Å². The van der Waals surface area contributed by atoms with E-state index in [0.717, 1.165) is 10.0 Å². The molecular formula is C20H19BrN2O3. The Morgan fingerprint density at radius 3 is 2.38 bits per heavy atom. The molecule has 0 spiro atoms. The Morgan fingerprint density at radius 1 is 1.08 bits per heavy atom. The van der Waals surface area contributed by atoms with E-state index in [9.17, 15) is 9.59 Å². The third-order valence-corrected chi connectivity index (χ3v) is 4.21. The molecule has 6 heteroatoms. The highest BCUT2D eigenvalue weighted by Gasteiger charge is 2.34. The molecule has 26 heavy (non-hydrogen) atoms. The number of carbonyl (C=O) groups is 2. The van der Waals surface area contributed by atoms with E-state index in [1.54, 1.807) is 18.2 Å². The lowest BCUT2D eigenvalue weighted by atomic mass is 10.1. The van der Waals surface area contributed by atoms with E-state index in [2.05, 4.69) is 21.4 Å². The van der Waals surface area contributed by atoms with Gasteiger partial charge in [-0.3, -0.25) is 15.0 Å². The molecule has 0 atom stereocenters. The Bertz CT molecular complexity index is 886. The molecule has 0 aromatic heterocycles. The molecule has 1 N–H and O–H groups in total. The number of nitrogens with zero attached hydrogens (tertiary/aromatic N) is 1. The number of halogens is 1. The van der Waals surface area contributed by atoms with Crippen molar-refractivity contribution in [2.45, 2.75) is 26.4 Å². The number of amides is 2. The third-order valence-electron chi connectivity index (χ3n) is 3.59. The maximum absolute atomic E-state index is 12.6. The van der Waals surface area contributed by atoms with Crippen LogP contribution < -0.4 is 15.2 Å². The number of hydrazine groups is 1. The predicted octanol–water partition coefficient (Wildman–Crippen LogP) is 4.09. The molecule has 2 aromatic rings. The second kappa shape index (κ2) is 6.96. The topological polar surface area (TPSA) is 58.6 Å². The third kappa shape index (κ3) is 3.96. The van der Waals surface area contributed by atoms with Crippen LogP contribution in [0.25, 0.3) is 6.08 Å². The van der Waals surface area contributed by atoms with Gasteiger partial charge in [-0.2, -0.15) is 0 Å². The minimum atomic E-state index is -0.426. The Hall–Kier alpha value is -2.60. The highest BCUT2D eigenvalue weighted by molar-refractivity contribution is 9.10. The normalized spacial score (nSPS) is 16.2. The van der Waals surface area contributed by atoms with Gasteiger partial charge in [0.05, 0.1) is 10.2 Å². The van der Waals surface area contributed by atoms with Gasteiger partial charge in [-0.05, 0) is 72.6 Å². The fraction of sp³-hybridized carbons (Fsp3) is 0.200. The van der Waals surface area contributed by atoms with Crippen LogP contribution in [-0.2, 0) is 9.59 Å². The summed E-state index contributed by atoms with van der Waals surface area (Å²) in [6.07, 6.45) is 1.58. The summed E-state index contributed by atoms with van der Waals surface area (Å²) in [6.45, 7) is 5.90. The van der Waals surface area contributed by atoms with Gasteiger partial charge >= 0.3 is 0 Å². The summed E-state index contributed by atoms with van der Waals surface area (Å²) in [7, 11) is 0. The van der Waals surface area contributed by atoms with E-state index in [1.165, 1.54) is 5.01 Å². The smallest absolute Gasteiger partial charge is 0.282 e. The summed E-state index contributed by atoms with van der Waals surface area (Å²) in [5, 5.41) is 1.25. The first-order valence-electron chi connectivity index (χ1n) is 8.15. The molecule has 2 aromatic carbocycles. The van der Waals surface area contributed by atoms with E-state index in [0.29, 0.717) is 11.4 Å². The second-order valence-electron chi connectivity index (χ2n) is 6.88. The molecule has 1 heterocycles. The number of rotatable bonds is 3. The lowest BCUT2D eigenvalue weighted by Crippen LogP contribution is -2.35. The number of carbonyl (C=O) groups excluding carboxylic acids is 2. The summed E-state index contributed by atoms with van der Waals surface area (Å²) in [4.78, 5) is 24.8. The Labute approximate surface area is 160 Å². The Balaban J connectivity index is 1.87. The van der Waals surface area contributed by atoms with Crippen molar-refractivity contribution >= 4 is 39.5 Å². The number of benzene rings is 2. The maximum Gasteiger partial charge on any atom is 0.282 e. The number of para-hydroxylation sites is 1. The van der Waals surface area contributed by atoms with E-state index >= 15 is 0 Å². The van der Waals surface area contributed by atoms with Crippen LogP contribution in [0.4, 0.5) is 5.69 Å². The lowest BCUT2D eigenvalue weighted by Gasteiger charge is -2.22. The van der Waals surface area contributed by atoms with Gasteiger partial charge in [0.1, 0.15) is 16.9 Å². The molecule has 5 nitrogen and oxygen atoms in total. The molecule has 3 rings (SSSR count). The van der Waals surface area contributed by atoms with Crippen molar-refractivity contribution < 1.29 is 14.3 Å². The molecule has 2 amide bonds. The number of hydrogen-bond acceptors (Lipinski definition) is 3. The van der Waals surface area contributed by atoms with Crippen molar-refractivity contribution in [2.24, 2.45) is 0 Å². The van der Waals surface area contributed by atoms with Gasteiger partial charge in [-0.1, -0.05) is 24.3 Å². The first-order chi connectivity index (χ1) is 12.2. The fourth-order valence-corrected chi connectivity index (χ4v) is 2.98. The minimum Gasteiger partial charge on any atom is -0.487 e. The van der Waals surface area contributed by atoms with Gasteiger partial charge in [0.25, 0.3) is 11.8 Å². The number of anilines is 1. The van der Waals surface area contributed by atoms with Crippen molar-refractivity contribution in [1.82, 2.24) is 5.43 Å².